The van der Waals surface area contributed by atoms with E-state index in [0.29, 0.717) is 11.3 Å². The van der Waals surface area contributed by atoms with Crippen molar-refractivity contribution in [2.24, 2.45) is 12.9 Å². The van der Waals surface area contributed by atoms with Gasteiger partial charge in [0, 0.05) is 19.3 Å². The first-order valence-corrected chi connectivity index (χ1v) is 7.40. The molecule has 20 heavy (non-hydrogen) atoms. The van der Waals surface area contributed by atoms with Crippen molar-refractivity contribution in [1.29, 1.82) is 0 Å². The first kappa shape index (κ1) is 14.2. The number of nitrogens with two attached hydrogens (primary N) is 1. The summed E-state index contributed by atoms with van der Waals surface area (Å²) in [4.78, 5) is 10.1. The summed E-state index contributed by atoms with van der Waals surface area (Å²) in [6.07, 6.45) is 2.78. The van der Waals surface area contributed by atoms with Crippen LogP contribution in [0, 0.1) is 10.1 Å². The van der Waals surface area contributed by atoms with Crippen LogP contribution in [0.25, 0.3) is 0 Å². The van der Waals surface area contributed by atoms with Crippen LogP contribution in [0.4, 0.5) is 16.4 Å². The molecule has 2 aromatic rings. The van der Waals surface area contributed by atoms with Crippen LogP contribution < -0.4 is 16.0 Å². The zero-order valence-corrected chi connectivity index (χ0v) is 11.7. The Hall–Kier alpha value is -2.18. The van der Waals surface area contributed by atoms with Crippen molar-refractivity contribution >= 4 is 37.7 Å². The second kappa shape index (κ2) is 5.07. The van der Waals surface area contributed by atoms with Crippen molar-refractivity contribution in [3.05, 3.63) is 28.6 Å². The van der Waals surface area contributed by atoms with Gasteiger partial charge < -0.3 is 5.43 Å². The van der Waals surface area contributed by atoms with Crippen molar-refractivity contribution in [3.63, 3.8) is 0 Å². The molecular formula is C8H10N6O4S2. The van der Waals surface area contributed by atoms with Crippen LogP contribution in [-0.2, 0) is 17.1 Å². The molecular weight excluding hydrogens is 308 g/mol. The summed E-state index contributed by atoms with van der Waals surface area (Å²) < 4.78 is 27.6. The van der Waals surface area contributed by atoms with Gasteiger partial charge in [-0.15, -0.1) is 0 Å². The van der Waals surface area contributed by atoms with Gasteiger partial charge in [0.25, 0.3) is 10.0 Å². The SMILES string of the molecule is Cn1cc(NS(=O)(=O)c2cc([N+](=O)[O-])c(NN)s2)cn1. The molecule has 10 nitrogen and oxygen atoms in total. The fourth-order valence-corrected chi connectivity index (χ4v) is 3.68. The summed E-state index contributed by atoms with van der Waals surface area (Å²) in [7, 11) is -2.30. The third-order valence-corrected chi connectivity index (χ3v) is 5.15. The number of hydrazine groups is 1. The smallest absolute Gasteiger partial charge is 0.306 e. The zero-order chi connectivity index (χ0) is 14.9. The topological polar surface area (TPSA) is 145 Å². The summed E-state index contributed by atoms with van der Waals surface area (Å²) in [6, 6.07) is 0.943. The summed E-state index contributed by atoms with van der Waals surface area (Å²) >= 11 is 0.665. The normalized spacial score (nSPS) is 11.3. The van der Waals surface area contributed by atoms with Crippen LogP contribution in [0.15, 0.2) is 22.7 Å². The molecule has 108 valence electrons. The monoisotopic (exact) mass is 318 g/mol. The van der Waals surface area contributed by atoms with Gasteiger partial charge in [-0.05, 0) is 0 Å². The van der Waals surface area contributed by atoms with E-state index < -0.39 is 20.6 Å². The van der Waals surface area contributed by atoms with Gasteiger partial charge in [0.05, 0.1) is 16.8 Å². The van der Waals surface area contributed by atoms with Crippen molar-refractivity contribution in [1.82, 2.24) is 9.78 Å². The number of hydrogen-bond acceptors (Lipinski definition) is 8. The van der Waals surface area contributed by atoms with Gasteiger partial charge in [0.1, 0.15) is 4.21 Å². The minimum Gasteiger partial charge on any atom is -0.310 e. The maximum Gasteiger partial charge on any atom is 0.306 e. The van der Waals surface area contributed by atoms with Gasteiger partial charge in [0.15, 0.2) is 5.00 Å². The fourth-order valence-electron chi connectivity index (χ4n) is 1.41. The number of anilines is 2. The maximum atomic E-state index is 12.1. The molecule has 0 aromatic carbocycles. The van der Waals surface area contributed by atoms with Gasteiger partial charge in [-0.25, -0.2) is 14.3 Å². The van der Waals surface area contributed by atoms with Crippen LogP contribution >= 0.6 is 11.3 Å². The van der Waals surface area contributed by atoms with E-state index in [1.807, 2.05) is 0 Å². The van der Waals surface area contributed by atoms with Crippen LogP contribution in [0.3, 0.4) is 0 Å². The van der Waals surface area contributed by atoms with Gasteiger partial charge in [-0.3, -0.25) is 19.5 Å². The van der Waals surface area contributed by atoms with E-state index in [1.165, 1.54) is 17.1 Å². The Morgan fingerprint density at radius 3 is 2.70 bits per heavy atom. The lowest BCUT2D eigenvalue weighted by Crippen LogP contribution is -2.11. The molecule has 0 radical (unpaired) electrons. The number of rotatable bonds is 5. The van der Waals surface area contributed by atoms with Gasteiger partial charge in [-0.1, -0.05) is 11.3 Å². The van der Waals surface area contributed by atoms with E-state index in [1.54, 1.807) is 7.05 Å². The quantitative estimate of drug-likeness (QED) is 0.413. The average Bonchev–Trinajstić information content (AvgIpc) is 2.95. The predicted octanol–water partition coefficient (Wildman–Crippen LogP) is 0.476. The second-order valence-electron chi connectivity index (χ2n) is 3.69. The Morgan fingerprint density at radius 1 is 1.55 bits per heavy atom. The Balaban J connectivity index is 2.37. The number of thiophene rings is 1. The maximum absolute atomic E-state index is 12.1. The van der Waals surface area contributed by atoms with Crippen molar-refractivity contribution in [2.75, 3.05) is 10.1 Å². The molecule has 0 saturated carbocycles. The minimum atomic E-state index is -3.93. The lowest BCUT2D eigenvalue weighted by atomic mass is 10.5. The standard InChI is InChI=1S/C8H10N6O4S2/c1-13-4-5(3-10-13)12-20(17,18)7-2-6(14(15)16)8(11-9)19-7/h2-4,11-12H,9H2,1H3. The van der Waals surface area contributed by atoms with E-state index >= 15 is 0 Å². The predicted molar refractivity (Wildman–Crippen MR) is 72.8 cm³/mol. The molecule has 0 fully saturated rings. The molecule has 0 bridgehead atoms. The lowest BCUT2D eigenvalue weighted by molar-refractivity contribution is -0.383. The number of nitrogens with zero attached hydrogens (tertiary/aromatic N) is 3. The highest BCUT2D eigenvalue weighted by Gasteiger charge is 2.26. The number of sulfonamides is 1. The molecule has 0 atom stereocenters. The van der Waals surface area contributed by atoms with Crippen LogP contribution in [0.2, 0.25) is 0 Å². The van der Waals surface area contributed by atoms with E-state index in [2.05, 4.69) is 15.2 Å². The molecule has 0 amide bonds. The zero-order valence-electron chi connectivity index (χ0n) is 10.1. The molecule has 12 heteroatoms. The van der Waals surface area contributed by atoms with E-state index in [9.17, 15) is 18.5 Å². The van der Waals surface area contributed by atoms with Gasteiger partial charge >= 0.3 is 5.69 Å². The summed E-state index contributed by atoms with van der Waals surface area (Å²) in [5.74, 6) is 5.13. The van der Waals surface area contributed by atoms with E-state index in [-0.39, 0.29) is 14.9 Å². The third-order valence-electron chi connectivity index (χ3n) is 2.24. The number of aryl methyl sites for hydroxylation is 1. The highest BCUT2D eigenvalue weighted by molar-refractivity contribution is 7.94. The highest BCUT2D eigenvalue weighted by atomic mass is 32.2. The van der Waals surface area contributed by atoms with Gasteiger partial charge in [0.2, 0.25) is 0 Å². The molecule has 0 aliphatic carbocycles. The first-order valence-electron chi connectivity index (χ1n) is 5.10. The molecule has 0 unspecified atom stereocenters. The molecule has 4 N–H and O–H groups in total. The number of nitrogens with one attached hydrogen (secondary N) is 2. The number of hydrogen-bond donors (Lipinski definition) is 3. The second-order valence-corrected chi connectivity index (χ2v) is 6.65. The Morgan fingerprint density at radius 2 is 2.25 bits per heavy atom. The van der Waals surface area contributed by atoms with Crippen molar-refractivity contribution in [2.45, 2.75) is 4.21 Å². The molecule has 2 rings (SSSR count). The molecule has 0 saturated heterocycles. The molecule has 0 aliphatic heterocycles. The van der Waals surface area contributed by atoms with Crippen LogP contribution in [-0.4, -0.2) is 23.1 Å². The summed E-state index contributed by atoms with van der Waals surface area (Å²) in [5.41, 5.74) is 1.96. The van der Waals surface area contributed by atoms with Crippen LogP contribution in [0.1, 0.15) is 0 Å². The van der Waals surface area contributed by atoms with Gasteiger partial charge in [-0.2, -0.15) is 5.10 Å². The van der Waals surface area contributed by atoms with E-state index in [0.717, 1.165) is 6.07 Å². The number of nitro groups is 1. The van der Waals surface area contributed by atoms with Crippen molar-refractivity contribution < 1.29 is 13.3 Å². The van der Waals surface area contributed by atoms with Crippen molar-refractivity contribution in [3.8, 4) is 0 Å². The average molecular weight is 318 g/mol. The number of nitrogen functional groups attached to an aromatic ring is 1. The Kier molecular flexibility index (Phi) is 3.61. The molecule has 0 spiro atoms. The molecule has 2 aromatic heterocycles. The Bertz CT molecular complexity index is 749. The fraction of sp³-hybridized carbons (Fsp3) is 0.125. The van der Waals surface area contributed by atoms with E-state index in [4.69, 9.17) is 5.84 Å². The highest BCUT2D eigenvalue weighted by Crippen LogP contribution is 2.36. The third kappa shape index (κ3) is 2.71. The molecule has 2 heterocycles. The minimum absolute atomic E-state index is 0.0402. The lowest BCUT2D eigenvalue weighted by Gasteiger charge is -2.01. The molecule has 0 aliphatic rings. The largest absolute Gasteiger partial charge is 0.310 e. The summed E-state index contributed by atoms with van der Waals surface area (Å²) in [6.45, 7) is 0. The van der Waals surface area contributed by atoms with Crippen LogP contribution in [0.5, 0.6) is 0 Å². The first-order chi connectivity index (χ1) is 9.33. The summed E-state index contributed by atoms with van der Waals surface area (Å²) in [5, 5.41) is 14.5. The number of aromatic nitrogens is 2. The Labute approximate surface area is 117 Å².